The molecule has 0 unspecified atom stereocenters. The summed E-state index contributed by atoms with van der Waals surface area (Å²) in [7, 11) is 2.93. The van der Waals surface area contributed by atoms with Crippen LogP contribution in [0.5, 0.6) is 11.5 Å². The van der Waals surface area contributed by atoms with E-state index in [2.05, 4.69) is 5.32 Å². The predicted octanol–water partition coefficient (Wildman–Crippen LogP) is 4.61. The predicted molar refractivity (Wildman–Crippen MR) is 126 cm³/mol. The van der Waals surface area contributed by atoms with E-state index in [4.69, 9.17) is 14.2 Å². The lowest BCUT2D eigenvalue weighted by molar-refractivity contribution is -0.113. The molecule has 0 spiro atoms. The third kappa shape index (κ3) is 6.58. The summed E-state index contributed by atoms with van der Waals surface area (Å²) in [5, 5.41) is 2.66. The Labute approximate surface area is 200 Å². The first-order chi connectivity index (χ1) is 16.4. The van der Waals surface area contributed by atoms with Crippen molar-refractivity contribution in [3.05, 3.63) is 83.7 Å². The van der Waals surface area contributed by atoms with E-state index in [9.17, 15) is 18.8 Å². The van der Waals surface area contributed by atoms with Crippen LogP contribution < -0.4 is 14.8 Å². The number of nitrogens with one attached hydrogen (secondary N) is 1. The molecule has 0 saturated carbocycles. The second-order valence-corrected chi connectivity index (χ2v) is 7.92. The fourth-order valence-electron chi connectivity index (χ4n) is 2.95. The number of carbonyl (C=O) groups is 3. The van der Waals surface area contributed by atoms with E-state index in [1.807, 2.05) is 0 Å². The summed E-state index contributed by atoms with van der Waals surface area (Å²) in [5.74, 6) is -0.989. The Hall–Kier alpha value is -3.85. The lowest BCUT2D eigenvalue weighted by Gasteiger charge is -2.11. The number of esters is 1. The van der Waals surface area contributed by atoms with Crippen LogP contribution in [0.1, 0.15) is 20.7 Å². The summed E-state index contributed by atoms with van der Waals surface area (Å²) < 4.78 is 28.6. The van der Waals surface area contributed by atoms with Gasteiger partial charge in [0.15, 0.2) is 6.61 Å². The number of methoxy groups -OCH3 is 2. The van der Waals surface area contributed by atoms with Crippen LogP contribution in [0.25, 0.3) is 0 Å². The van der Waals surface area contributed by atoms with Crippen LogP contribution in [-0.2, 0) is 9.53 Å². The van der Waals surface area contributed by atoms with Gasteiger partial charge in [-0.25, -0.2) is 9.18 Å². The number of ether oxygens (including phenoxy) is 3. The molecular weight excluding hydrogens is 461 g/mol. The number of thioether (sulfide) groups is 1. The molecule has 3 aromatic carbocycles. The standard InChI is InChI=1S/C25H22FNO6S/c1-31-18-11-12-19(22(13-18)32-2)21(28)14-33-25(30)20-5-3-4-6-23(20)34-15-24(29)27-17-9-7-16(26)8-10-17/h3-13H,14-15H2,1-2H3,(H,27,29). The number of halogens is 1. The first-order valence-electron chi connectivity index (χ1n) is 10.1. The van der Waals surface area contributed by atoms with E-state index in [0.29, 0.717) is 22.1 Å². The number of anilines is 1. The number of amides is 1. The molecule has 1 amide bonds. The van der Waals surface area contributed by atoms with Gasteiger partial charge in [0.2, 0.25) is 11.7 Å². The van der Waals surface area contributed by atoms with Gasteiger partial charge in [-0.15, -0.1) is 11.8 Å². The van der Waals surface area contributed by atoms with Gasteiger partial charge in [-0.1, -0.05) is 12.1 Å². The van der Waals surface area contributed by atoms with E-state index in [-0.39, 0.29) is 22.8 Å². The molecule has 7 nitrogen and oxygen atoms in total. The van der Waals surface area contributed by atoms with E-state index < -0.39 is 24.2 Å². The molecule has 0 radical (unpaired) electrons. The average Bonchev–Trinajstić information content (AvgIpc) is 2.86. The topological polar surface area (TPSA) is 90.9 Å². The lowest BCUT2D eigenvalue weighted by atomic mass is 10.1. The van der Waals surface area contributed by atoms with Crippen molar-refractivity contribution in [1.29, 1.82) is 0 Å². The highest BCUT2D eigenvalue weighted by molar-refractivity contribution is 8.00. The van der Waals surface area contributed by atoms with Gasteiger partial charge in [0.05, 0.1) is 31.1 Å². The van der Waals surface area contributed by atoms with Gasteiger partial charge in [0.1, 0.15) is 17.3 Å². The van der Waals surface area contributed by atoms with Crippen LogP contribution in [0.2, 0.25) is 0 Å². The van der Waals surface area contributed by atoms with Gasteiger partial charge < -0.3 is 19.5 Å². The lowest BCUT2D eigenvalue weighted by Crippen LogP contribution is -2.16. The Morgan fingerprint density at radius 2 is 1.65 bits per heavy atom. The maximum atomic E-state index is 13.0. The zero-order valence-electron chi connectivity index (χ0n) is 18.5. The smallest absolute Gasteiger partial charge is 0.339 e. The van der Waals surface area contributed by atoms with Crippen molar-refractivity contribution in [3.8, 4) is 11.5 Å². The summed E-state index contributed by atoms with van der Waals surface area (Å²) in [5.41, 5.74) is 0.958. The van der Waals surface area contributed by atoms with Gasteiger partial charge in [0.25, 0.3) is 0 Å². The van der Waals surface area contributed by atoms with E-state index in [1.165, 1.54) is 44.6 Å². The Morgan fingerprint density at radius 1 is 0.912 bits per heavy atom. The monoisotopic (exact) mass is 483 g/mol. The molecule has 0 aliphatic rings. The molecular formula is C25H22FNO6S. The maximum absolute atomic E-state index is 13.0. The van der Waals surface area contributed by atoms with Gasteiger partial charge in [-0.3, -0.25) is 9.59 Å². The molecule has 0 saturated heterocycles. The van der Waals surface area contributed by atoms with Gasteiger partial charge in [-0.05, 0) is 48.5 Å². The molecule has 3 rings (SSSR count). The third-order valence-corrected chi connectivity index (χ3v) is 5.71. The molecule has 0 aliphatic heterocycles. The highest BCUT2D eigenvalue weighted by Crippen LogP contribution is 2.26. The van der Waals surface area contributed by atoms with Gasteiger partial charge >= 0.3 is 5.97 Å². The molecule has 9 heteroatoms. The van der Waals surface area contributed by atoms with Crippen LogP contribution in [0.4, 0.5) is 10.1 Å². The van der Waals surface area contributed by atoms with E-state index >= 15 is 0 Å². The largest absolute Gasteiger partial charge is 0.497 e. The number of benzene rings is 3. The number of ketones is 1. The average molecular weight is 484 g/mol. The number of hydrogen-bond acceptors (Lipinski definition) is 7. The van der Waals surface area contributed by atoms with Gasteiger partial charge in [-0.2, -0.15) is 0 Å². The fourth-order valence-corrected chi connectivity index (χ4v) is 3.79. The SMILES string of the molecule is COc1ccc(C(=O)COC(=O)c2ccccc2SCC(=O)Nc2ccc(F)cc2)c(OC)c1. The first-order valence-corrected chi connectivity index (χ1v) is 11.1. The van der Waals surface area contributed by atoms with Crippen molar-refractivity contribution in [1.82, 2.24) is 0 Å². The number of carbonyl (C=O) groups excluding carboxylic acids is 3. The number of hydrogen-bond donors (Lipinski definition) is 1. The Bertz CT molecular complexity index is 1180. The molecule has 0 aromatic heterocycles. The molecule has 0 heterocycles. The minimum Gasteiger partial charge on any atom is -0.497 e. The van der Waals surface area contributed by atoms with Crippen molar-refractivity contribution in [2.24, 2.45) is 0 Å². The van der Waals surface area contributed by atoms with Crippen molar-refractivity contribution in [2.45, 2.75) is 4.90 Å². The Kier molecular flexibility index (Phi) is 8.64. The normalized spacial score (nSPS) is 10.3. The fraction of sp³-hybridized carbons (Fsp3) is 0.160. The Morgan fingerprint density at radius 3 is 2.35 bits per heavy atom. The zero-order chi connectivity index (χ0) is 24.5. The molecule has 0 aliphatic carbocycles. The second kappa shape index (κ2) is 11.9. The minimum atomic E-state index is -0.692. The highest BCUT2D eigenvalue weighted by Gasteiger charge is 2.18. The molecule has 0 bridgehead atoms. The molecule has 3 aromatic rings. The van der Waals surface area contributed by atoms with Crippen LogP contribution in [0.15, 0.2) is 71.6 Å². The highest BCUT2D eigenvalue weighted by atomic mass is 32.2. The van der Waals surface area contributed by atoms with Crippen molar-refractivity contribution in [2.75, 3.05) is 31.9 Å². The molecule has 0 atom stereocenters. The number of Topliss-reactive ketones (excluding diaryl/α,β-unsaturated/α-hetero) is 1. The third-order valence-electron chi connectivity index (χ3n) is 4.64. The Balaban J connectivity index is 1.60. The molecule has 1 N–H and O–H groups in total. The van der Waals surface area contributed by atoms with Crippen molar-refractivity contribution in [3.63, 3.8) is 0 Å². The summed E-state index contributed by atoms with van der Waals surface area (Å²) in [4.78, 5) is 38.0. The summed E-state index contributed by atoms with van der Waals surface area (Å²) >= 11 is 1.14. The molecule has 34 heavy (non-hydrogen) atoms. The summed E-state index contributed by atoms with van der Waals surface area (Å²) in [6, 6.07) is 16.7. The van der Waals surface area contributed by atoms with Crippen molar-refractivity contribution >= 4 is 35.1 Å². The summed E-state index contributed by atoms with van der Waals surface area (Å²) in [6.07, 6.45) is 0. The molecule has 176 valence electrons. The zero-order valence-corrected chi connectivity index (χ0v) is 19.3. The quantitative estimate of drug-likeness (QED) is 0.256. The van der Waals surface area contributed by atoms with Crippen molar-refractivity contribution < 1.29 is 33.0 Å². The summed E-state index contributed by atoms with van der Waals surface area (Å²) in [6.45, 7) is -0.481. The van der Waals surface area contributed by atoms with Crippen LogP contribution >= 0.6 is 11.8 Å². The van der Waals surface area contributed by atoms with E-state index in [1.54, 1.807) is 36.4 Å². The van der Waals surface area contributed by atoms with Gasteiger partial charge in [0, 0.05) is 16.6 Å². The van der Waals surface area contributed by atoms with Crippen LogP contribution in [-0.4, -0.2) is 44.2 Å². The second-order valence-electron chi connectivity index (χ2n) is 6.91. The first kappa shape index (κ1) is 24.8. The van der Waals surface area contributed by atoms with Crippen LogP contribution in [0.3, 0.4) is 0 Å². The van der Waals surface area contributed by atoms with Crippen LogP contribution in [0, 0.1) is 5.82 Å². The number of rotatable bonds is 10. The maximum Gasteiger partial charge on any atom is 0.339 e. The molecule has 0 fully saturated rings. The minimum absolute atomic E-state index is 0.0175. The van der Waals surface area contributed by atoms with E-state index in [0.717, 1.165) is 11.8 Å².